The number of nitrogens with two attached hydrogens (primary N) is 1. The molecule has 2 aromatic carbocycles. The number of amides is 2. The summed E-state index contributed by atoms with van der Waals surface area (Å²) in [6.45, 7) is 0. The van der Waals surface area contributed by atoms with E-state index in [2.05, 4.69) is 10.3 Å². The van der Waals surface area contributed by atoms with E-state index < -0.39 is 23.8 Å². The number of ketones is 1. The maximum atomic E-state index is 12.7. The molecule has 1 aromatic heterocycles. The van der Waals surface area contributed by atoms with Gasteiger partial charge >= 0.3 is 6.03 Å². The van der Waals surface area contributed by atoms with Gasteiger partial charge < -0.3 is 11.1 Å². The second-order valence-electron chi connectivity index (χ2n) is 5.94. The average Bonchev–Trinajstić information content (AvgIpc) is 3.18. The first kappa shape index (κ1) is 18.1. The Morgan fingerprint density at radius 2 is 1.63 bits per heavy atom. The van der Waals surface area contributed by atoms with E-state index in [1.165, 1.54) is 10.9 Å². The Morgan fingerprint density at radius 1 is 1.00 bits per heavy atom. The number of benzene rings is 2. The molecule has 1 heterocycles. The molecule has 0 aliphatic rings. The molecule has 0 bridgehead atoms. The first-order chi connectivity index (χ1) is 13.1. The number of Topliss-reactive ketones (excluding diaryl/α,β-unsaturated/α-hetero) is 1. The lowest BCUT2D eigenvalue weighted by Gasteiger charge is -2.17. The minimum atomic E-state index is -1.09. The van der Waals surface area contributed by atoms with Gasteiger partial charge in [0.2, 0.25) is 5.78 Å². The van der Waals surface area contributed by atoms with Crippen molar-refractivity contribution in [2.75, 3.05) is 0 Å². The molecule has 3 rings (SSSR count). The van der Waals surface area contributed by atoms with Crippen LogP contribution in [0.2, 0.25) is 0 Å². The van der Waals surface area contributed by atoms with Crippen molar-refractivity contribution >= 4 is 17.7 Å². The lowest BCUT2D eigenvalue weighted by atomic mass is 10.0. The highest BCUT2D eigenvalue weighted by molar-refractivity contribution is 6.37. The standard InChI is InChI=1S/C20H18N4O3/c21-19(26)18(25)16(11-14-7-3-1-4-8-14)23-20(27)24-13-22-12-17(24)15-9-5-2-6-10-15/h1-10,12-13,16H,11H2,(H2,21,26)(H,23,27). The van der Waals surface area contributed by atoms with Gasteiger partial charge in [0.05, 0.1) is 11.9 Å². The predicted molar refractivity (Wildman–Crippen MR) is 99.7 cm³/mol. The van der Waals surface area contributed by atoms with Crippen LogP contribution in [0, 0.1) is 0 Å². The Hall–Kier alpha value is -3.74. The Bertz CT molecular complexity index is 952. The third kappa shape index (κ3) is 4.27. The van der Waals surface area contributed by atoms with Gasteiger partial charge in [0, 0.05) is 12.0 Å². The zero-order chi connectivity index (χ0) is 19.2. The third-order valence-corrected chi connectivity index (χ3v) is 4.07. The number of hydrogen-bond donors (Lipinski definition) is 2. The highest BCUT2D eigenvalue weighted by Crippen LogP contribution is 2.18. The van der Waals surface area contributed by atoms with Crippen molar-refractivity contribution in [3.63, 3.8) is 0 Å². The van der Waals surface area contributed by atoms with Crippen LogP contribution in [-0.4, -0.2) is 33.3 Å². The summed E-state index contributed by atoms with van der Waals surface area (Å²) < 4.78 is 1.29. The Balaban J connectivity index is 1.84. The van der Waals surface area contributed by atoms with Gasteiger partial charge in [-0.1, -0.05) is 60.7 Å². The number of nitrogens with zero attached hydrogens (tertiary/aromatic N) is 2. The van der Waals surface area contributed by atoms with E-state index in [1.807, 2.05) is 48.5 Å². The molecular weight excluding hydrogens is 344 g/mol. The second-order valence-corrected chi connectivity index (χ2v) is 5.94. The summed E-state index contributed by atoms with van der Waals surface area (Å²) in [7, 11) is 0. The minimum Gasteiger partial charge on any atom is -0.363 e. The molecule has 3 N–H and O–H groups in total. The number of hydrogen-bond acceptors (Lipinski definition) is 4. The number of aromatic nitrogens is 2. The summed E-state index contributed by atoms with van der Waals surface area (Å²) in [6.07, 6.45) is 3.06. The molecule has 0 aliphatic heterocycles. The number of carbonyl (C=O) groups excluding carboxylic acids is 3. The summed E-state index contributed by atoms with van der Waals surface area (Å²) in [6, 6.07) is 16.7. The quantitative estimate of drug-likeness (QED) is 0.652. The molecule has 7 nitrogen and oxygen atoms in total. The summed E-state index contributed by atoms with van der Waals surface area (Å²) in [5, 5.41) is 2.59. The van der Waals surface area contributed by atoms with E-state index >= 15 is 0 Å². The van der Waals surface area contributed by atoms with Crippen LogP contribution in [0.15, 0.2) is 73.2 Å². The first-order valence-electron chi connectivity index (χ1n) is 8.32. The van der Waals surface area contributed by atoms with Crippen LogP contribution in [0.1, 0.15) is 5.56 Å². The maximum Gasteiger partial charge on any atom is 0.327 e. The van der Waals surface area contributed by atoms with Crippen LogP contribution in [-0.2, 0) is 16.0 Å². The number of rotatable bonds is 6. The largest absolute Gasteiger partial charge is 0.363 e. The third-order valence-electron chi connectivity index (χ3n) is 4.07. The van der Waals surface area contributed by atoms with E-state index in [4.69, 9.17) is 5.73 Å². The number of carbonyl (C=O) groups is 3. The number of nitrogens with one attached hydrogen (secondary N) is 1. The van der Waals surface area contributed by atoms with E-state index in [0.717, 1.165) is 11.1 Å². The van der Waals surface area contributed by atoms with Gasteiger partial charge in [0.25, 0.3) is 5.91 Å². The summed E-state index contributed by atoms with van der Waals surface area (Å²) in [4.78, 5) is 40.3. The number of imidazole rings is 1. The zero-order valence-corrected chi connectivity index (χ0v) is 14.4. The molecule has 0 aliphatic carbocycles. The van der Waals surface area contributed by atoms with Crippen molar-refractivity contribution in [2.45, 2.75) is 12.5 Å². The molecule has 136 valence electrons. The van der Waals surface area contributed by atoms with Crippen molar-refractivity contribution in [1.82, 2.24) is 14.9 Å². The number of primary amides is 1. The molecule has 0 saturated heterocycles. The van der Waals surface area contributed by atoms with Gasteiger partial charge in [0.1, 0.15) is 12.4 Å². The highest BCUT2D eigenvalue weighted by atomic mass is 16.2. The van der Waals surface area contributed by atoms with E-state index in [-0.39, 0.29) is 6.42 Å². The first-order valence-corrected chi connectivity index (χ1v) is 8.32. The van der Waals surface area contributed by atoms with Crippen LogP contribution in [0.5, 0.6) is 0 Å². The van der Waals surface area contributed by atoms with Gasteiger partial charge in [-0.05, 0) is 5.56 Å². The molecule has 27 heavy (non-hydrogen) atoms. The lowest BCUT2D eigenvalue weighted by molar-refractivity contribution is -0.137. The van der Waals surface area contributed by atoms with Gasteiger partial charge in [-0.15, -0.1) is 0 Å². The molecule has 3 aromatic rings. The smallest absolute Gasteiger partial charge is 0.327 e. The van der Waals surface area contributed by atoms with Crippen molar-refractivity contribution < 1.29 is 14.4 Å². The monoisotopic (exact) mass is 362 g/mol. The summed E-state index contributed by atoms with van der Waals surface area (Å²) >= 11 is 0. The molecule has 0 fully saturated rings. The zero-order valence-electron chi connectivity index (χ0n) is 14.4. The van der Waals surface area contributed by atoms with Gasteiger partial charge in [-0.25, -0.2) is 9.78 Å². The Kier molecular flexibility index (Phi) is 5.41. The van der Waals surface area contributed by atoms with Gasteiger partial charge in [0.15, 0.2) is 0 Å². The Morgan fingerprint density at radius 3 is 2.26 bits per heavy atom. The molecular formula is C20H18N4O3. The topological polar surface area (TPSA) is 107 Å². The molecule has 0 spiro atoms. The van der Waals surface area contributed by atoms with Crippen molar-refractivity contribution in [3.05, 3.63) is 78.8 Å². The molecule has 7 heteroatoms. The lowest BCUT2D eigenvalue weighted by Crippen LogP contribution is -2.48. The van der Waals surface area contributed by atoms with E-state index in [9.17, 15) is 14.4 Å². The fourth-order valence-corrected chi connectivity index (χ4v) is 2.73. The summed E-state index contributed by atoms with van der Waals surface area (Å²) in [5.41, 5.74) is 7.31. The second kappa shape index (κ2) is 8.09. The van der Waals surface area contributed by atoms with Crippen LogP contribution in [0.3, 0.4) is 0 Å². The fourth-order valence-electron chi connectivity index (χ4n) is 2.73. The SMILES string of the molecule is NC(=O)C(=O)C(Cc1ccccc1)NC(=O)n1cncc1-c1ccccc1. The molecule has 1 unspecified atom stereocenters. The fraction of sp³-hybridized carbons (Fsp3) is 0.100. The predicted octanol–water partition coefficient (Wildman–Crippen LogP) is 1.77. The molecule has 1 atom stereocenters. The summed E-state index contributed by atoms with van der Waals surface area (Å²) in [5.74, 6) is -1.95. The van der Waals surface area contributed by atoms with E-state index in [1.54, 1.807) is 18.3 Å². The van der Waals surface area contributed by atoms with Crippen molar-refractivity contribution in [2.24, 2.45) is 5.73 Å². The van der Waals surface area contributed by atoms with Gasteiger partial charge in [-0.2, -0.15) is 0 Å². The average molecular weight is 362 g/mol. The molecule has 0 radical (unpaired) electrons. The van der Waals surface area contributed by atoms with Crippen LogP contribution >= 0.6 is 0 Å². The van der Waals surface area contributed by atoms with Gasteiger partial charge in [-0.3, -0.25) is 14.2 Å². The Labute approximate surface area is 155 Å². The maximum absolute atomic E-state index is 12.7. The van der Waals surface area contributed by atoms with Crippen LogP contribution in [0.4, 0.5) is 4.79 Å². The van der Waals surface area contributed by atoms with E-state index in [0.29, 0.717) is 5.69 Å². The van der Waals surface area contributed by atoms with Crippen LogP contribution in [0.25, 0.3) is 11.3 Å². The molecule has 0 saturated carbocycles. The minimum absolute atomic E-state index is 0.156. The van der Waals surface area contributed by atoms with Crippen molar-refractivity contribution in [1.29, 1.82) is 0 Å². The molecule has 2 amide bonds. The van der Waals surface area contributed by atoms with Crippen LogP contribution < -0.4 is 11.1 Å². The highest BCUT2D eigenvalue weighted by Gasteiger charge is 2.26. The van der Waals surface area contributed by atoms with Crippen molar-refractivity contribution in [3.8, 4) is 11.3 Å². The normalized spacial score (nSPS) is 11.6.